The third-order valence-corrected chi connectivity index (χ3v) is 6.59. The number of nitrogens with one attached hydrogen (secondary N) is 1. The van der Waals surface area contributed by atoms with Gasteiger partial charge in [0.1, 0.15) is 0 Å². The highest BCUT2D eigenvalue weighted by Crippen LogP contribution is 2.26. The molecule has 0 aliphatic carbocycles. The first-order valence-corrected chi connectivity index (χ1v) is 10.1. The molecule has 0 aromatic carbocycles. The molecule has 0 radical (unpaired) electrons. The van der Waals surface area contributed by atoms with Crippen LogP contribution >= 0.6 is 11.3 Å². The molecule has 0 atom stereocenters. The average molecular weight is 333 g/mol. The van der Waals surface area contributed by atoms with Gasteiger partial charge in [-0.3, -0.25) is 0 Å². The molecule has 1 aromatic heterocycles. The normalized spacial score (nSPS) is 12.5. The molecule has 4 nitrogen and oxygen atoms in total. The smallest absolute Gasteiger partial charge is 0.244 e. The molecule has 21 heavy (non-hydrogen) atoms. The van der Waals surface area contributed by atoms with Gasteiger partial charge >= 0.3 is 0 Å². The molecular formula is C15H28N2O2S2. The molecule has 1 heterocycles. The van der Waals surface area contributed by atoms with Crippen molar-refractivity contribution < 1.29 is 8.42 Å². The Labute approximate surface area is 133 Å². The number of nitrogens with zero attached hydrogens (tertiary/aromatic N) is 1. The van der Waals surface area contributed by atoms with Crippen molar-refractivity contribution in [3.63, 3.8) is 0 Å². The molecule has 0 unspecified atom stereocenters. The Morgan fingerprint density at radius 1 is 1.29 bits per heavy atom. The lowest BCUT2D eigenvalue weighted by atomic mass is 10.2. The van der Waals surface area contributed by atoms with Crippen molar-refractivity contribution in [1.29, 1.82) is 0 Å². The molecule has 0 saturated heterocycles. The zero-order valence-corrected chi connectivity index (χ0v) is 15.2. The van der Waals surface area contributed by atoms with Crippen molar-refractivity contribution in [2.45, 2.75) is 64.4 Å². The summed E-state index contributed by atoms with van der Waals surface area (Å²) in [6.45, 7) is 10.1. The molecular weight excluding hydrogens is 304 g/mol. The van der Waals surface area contributed by atoms with Crippen molar-refractivity contribution in [1.82, 2.24) is 9.62 Å². The molecule has 1 N–H and O–H groups in total. The van der Waals surface area contributed by atoms with E-state index in [1.165, 1.54) is 11.3 Å². The SMILES string of the molecule is CCCCCN(C(C)C)S(=O)(=O)c1ccsc1CNCC. The number of thiophene rings is 1. The highest BCUT2D eigenvalue weighted by molar-refractivity contribution is 7.89. The minimum Gasteiger partial charge on any atom is -0.312 e. The quantitative estimate of drug-likeness (QED) is 0.668. The van der Waals surface area contributed by atoms with E-state index >= 15 is 0 Å². The van der Waals surface area contributed by atoms with Gasteiger partial charge in [-0.25, -0.2) is 8.42 Å². The van der Waals surface area contributed by atoms with Crippen molar-refractivity contribution in [2.24, 2.45) is 0 Å². The van der Waals surface area contributed by atoms with E-state index in [1.807, 2.05) is 26.2 Å². The zero-order valence-electron chi connectivity index (χ0n) is 13.6. The monoisotopic (exact) mass is 332 g/mol. The largest absolute Gasteiger partial charge is 0.312 e. The number of hydrogen-bond acceptors (Lipinski definition) is 4. The summed E-state index contributed by atoms with van der Waals surface area (Å²) in [7, 11) is -3.39. The van der Waals surface area contributed by atoms with Gasteiger partial charge in [0.15, 0.2) is 0 Å². The number of sulfonamides is 1. The highest BCUT2D eigenvalue weighted by atomic mass is 32.2. The van der Waals surface area contributed by atoms with Crippen LogP contribution in [0.1, 0.15) is 51.8 Å². The van der Waals surface area contributed by atoms with E-state index in [9.17, 15) is 8.42 Å². The lowest BCUT2D eigenvalue weighted by molar-refractivity contribution is 0.345. The molecule has 0 amide bonds. The summed E-state index contributed by atoms with van der Waals surface area (Å²) in [5.41, 5.74) is 0. The van der Waals surface area contributed by atoms with E-state index in [1.54, 1.807) is 10.4 Å². The number of rotatable bonds is 10. The van der Waals surface area contributed by atoms with Gasteiger partial charge in [-0.1, -0.05) is 26.7 Å². The summed E-state index contributed by atoms with van der Waals surface area (Å²) in [4.78, 5) is 1.37. The van der Waals surface area contributed by atoms with Crippen LogP contribution in [0.3, 0.4) is 0 Å². The van der Waals surface area contributed by atoms with Crippen LogP contribution in [0.4, 0.5) is 0 Å². The van der Waals surface area contributed by atoms with Gasteiger partial charge in [0.05, 0.1) is 4.90 Å². The third kappa shape index (κ3) is 5.06. The second-order valence-corrected chi connectivity index (χ2v) is 8.26. The number of unbranched alkanes of at least 4 members (excludes halogenated alkanes) is 2. The lowest BCUT2D eigenvalue weighted by Crippen LogP contribution is -2.38. The van der Waals surface area contributed by atoms with Crippen LogP contribution in [0.2, 0.25) is 0 Å². The molecule has 0 fully saturated rings. The molecule has 0 aliphatic rings. The minimum atomic E-state index is -3.39. The zero-order chi connectivity index (χ0) is 15.9. The van der Waals surface area contributed by atoms with Crippen LogP contribution in [-0.2, 0) is 16.6 Å². The molecule has 6 heteroatoms. The molecule has 1 rings (SSSR count). The second kappa shape index (κ2) is 8.88. The summed E-state index contributed by atoms with van der Waals surface area (Å²) in [6, 6.07) is 1.72. The first-order valence-electron chi connectivity index (χ1n) is 7.74. The molecule has 0 saturated carbocycles. The predicted molar refractivity (Wildman–Crippen MR) is 90.3 cm³/mol. The van der Waals surface area contributed by atoms with Crippen LogP contribution < -0.4 is 5.32 Å². The van der Waals surface area contributed by atoms with Crippen molar-refractivity contribution >= 4 is 21.4 Å². The summed E-state index contributed by atoms with van der Waals surface area (Å²) < 4.78 is 27.5. The van der Waals surface area contributed by atoms with Crippen LogP contribution in [0.25, 0.3) is 0 Å². The highest BCUT2D eigenvalue weighted by Gasteiger charge is 2.29. The van der Waals surface area contributed by atoms with Crippen LogP contribution in [0.5, 0.6) is 0 Å². The maximum absolute atomic E-state index is 12.9. The Morgan fingerprint density at radius 2 is 2.00 bits per heavy atom. The summed E-state index contributed by atoms with van der Waals surface area (Å²) >= 11 is 1.51. The van der Waals surface area contributed by atoms with Gasteiger partial charge in [-0.2, -0.15) is 4.31 Å². The Bertz CT molecular complexity index is 509. The van der Waals surface area contributed by atoms with E-state index in [0.717, 1.165) is 30.7 Å². The molecule has 0 aliphatic heterocycles. The fourth-order valence-electron chi connectivity index (χ4n) is 2.23. The van der Waals surface area contributed by atoms with Crippen LogP contribution in [-0.4, -0.2) is 31.9 Å². The van der Waals surface area contributed by atoms with E-state index in [0.29, 0.717) is 18.0 Å². The van der Waals surface area contributed by atoms with E-state index in [-0.39, 0.29) is 6.04 Å². The van der Waals surface area contributed by atoms with E-state index in [4.69, 9.17) is 0 Å². The van der Waals surface area contributed by atoms with Crippen LogP contribution in [0, 0.1) is 0 Å². The van der Waals surface area contributed by atoms with E-state index in [2.05, 4.69) is 12.2 Å². The molecule has 0 bridgehead atoms. The van der Waals surface area contributed by atoms with Crippen molar-refractivity contribution in [2.75, 3.05) is 13.1 Å². The fourth-order valence-corrected chi connectivity index (χ4v) is 5.29. The predicted octanol–water partition coefficient (Wildman–Crippen LogP) is 3.45. The van der Waals surface area contributed by atoms with Gasteiger partial charge in [0.2, 0.25) is 10.0 Å². The summed E-state index contributed by atoms with van der Waals surface area (Å²) in [5, 5.41) is 5.08. The van der Waals surface area contributed by atoms with Gasteiger partial charge in [0, 0.05) is 24.0 Å². The standard InChI is InChI=1S/C15H28N2O2S2/c1-5-7-8-10-17(13(3)4)21(18,19)15-9-11-20-14(15)12-16-6-2/h9,11,13,16H,5-8,10,12H2,1-4H3. The number of hydrogen-bond donors (Lipinski definition) is 1. The Hall–Kier alpha value is -0.430. The Kier molecular flexibility index (Phi) is 7.87. The topological polar surface area (TPSA) is 49.4 Å². The average Bonchev–Trinajstić information content (AvgIpc) is 2.89. The fraction of sp³-hybridized carbons (Fsp3) is 0.733. The third-order valence-electron chi connectivity index (χ3n) is 3.38. The second-order valence-electron chi connectivity index (χ2n) is 5.40. The van der Waals surface area contributed by atoms with Gasteiger partial charge in [-0.05, 0) is 38.3 Å². The Balaban J connectivity index is 2.97. The lowest BCUT2D eigenvalue weighted by Gasteiger charge is -2.26. The van der Waals surface area contributed by atoms with Gasteiger partial charge in [-0.15, -0.1) is 11.3 Å². The first-order chi connectivity index (χ1) is 9.95. The molecule has 0 spiro atoms. The van der Waals surface area contributed by atoms with E-state index < -0.39 is 10.0 Å². The van der Waals surface area contributed by atoms with Gasteiger partial charge in [0.25, 0.3) is 0 Å². The summed E-state index contributed by atoms with van der Waals surface area (Å²) in [6.07, 6.45) is 3.07. The molecule has 1 aromatic rings. The maximum Gasteiger partial charge on any atom is 0.244 e. The maximum atomic E-state index is 12.9. The summed E-state index contributed by atoms with van der Waals surface area (Å²) in [5.74, 6) is 0. The minimum absolute atomic E-state index is 0.0151. The van der Waals surface area contributed by atoms with Gasteiger partial charge < -0.3 is 5.32 Å². The van der Waals surface area contributed by atoms with Crippen LogP contribution in [0.15, 0.2) is 16.3 Å². The van der Waals surface area contributed by atoms with Crippen molar-refractivity contribution in [3.8, 4) is 0 Å². The first kappa shape index (κ1) is 18.6. The molecule has 122 valence electrons. The Morgan fingerprint density at radius 3 is 2.57 bits per heavy atom. The van der Waals surface area contributed by atoms with Crippen molar-refractivity contribution in [3.05, 3.63) is 16.3 Å².